The largest absolute Gasteiger partial charge is 0.0616 e. The van der Waals surface area contributed by atoms with Gasteiger partial charge < -0.3 is 0 Å². The zero-order valence-corrected chi connectivity index (χ0v) is 11.0. The average molecular weight is 253 g/mol. The van der Waals surface area contributed by atoms with Gasteiger partial charge in [0.1, 0.15) is 0 Å². The fourth-order valence-corrected chi connectivity index (χ4v) is 2.76. The second-order valence-corrected chi connectivity index (χ2v) is 5.00. The summed E-state index contributed by atoms with van der Waals surface area (Å²) in [6.45, 7) is 0. The third-order valence-corrected chi connectivity index (χ3v) is 3.75. The van der Waals surface area contributed by atoms with Crippen molar-refractivity contribution in [3.8, 4) is 11.1 Å². The standard InChI is InChI=1S/C20H13/c1-2-7-15(8-3-1)19-12-6-11-18-13-16-9-4-5-10-17(16)14-20(18)19/h1-7,9-14H. The monoisotopic (exact) mass is 253 g/mol. The molecule has 0 N–H and O–H groups in total. The first-order valence-electron chi connectivity index (χ1n) is 6.80. The second-order valence-electron chi connectivity index (χ2n) is 5.00. The van der Waals surface area contributed by atoms with Gasteiger partial charge in [-0.1, -0.05) is 66.7 Å². The van der Waals surface area contributed by atoms with Crippen molar-refractivity contribution in [3.05, 3.63) is 84.9 Å². The van der Waals surface area contributed by atoms with Gasteiger partial charge in [0.05, 0.1) is 0 Å². The van der Waals surface area contributed by atoms with Crippen molar-refractivity contribution < 1.29 is 0 Å². The molecule has 0 heteroatoms. The van der Waals surface area contributed by atoms with Crippen molar-refractivity contribution in [1.82, 2.24) is 0 Å². The summed E-state index contributed by atoms with van der Waals surface area (Å²) < 4.78 is 0. The quantitative estimate of drug-likeness (QED) is 0.395. The van der Waals surface area contributed by atoms with Gasteiger partial charge in [-0.05, 0) is 50.9 Å². The first-order chi connectivity index (χ1) is 9.92. The Bertz CT molecular complexity index is 889. The Hall–Kier alpha value is -2.60. The molecule has 4 aromatic rings. The van der Waals surface area contributed by atoms with Crippen LogP contribution >= 0.6 is 0 Å². The minimum absolute atomic E-state index is 1.15. The molecule has 20 heavy (non-hydrogen) atoms. The molecular weight excluding hydrogens is 240 g/mol. The van der Waals surface area contributed by atoms with Gasteiger partial charge in [0.2, 0.25) is 0 Å². The predicted octanol–water partition coefficient (Wildman–Crippen LogP) is 5.46. The van der Waals surface area contributed by atoms with Gasteiger partial charge in [-0.15, -0.1) is 0 Å². The lowest BCUT2D eigenvalue weighted by Crippen LogP contribution is -1.82. The zero-order chi connectivity index (χ0) is 13.4. The van der Waals surface area contributed by atoms with E-state index in [-0.39, 0.29) is 0 Å². The summed E-state index contributed by atoms with van der Waals surface area (Å²) in [5.74, 6) is 0. The predicted molar refractivity (Wildman–Crippen MR) is 85.7 cm³/mol. The van der Waals surface area contributed by atoms with Crippen LogP contribution in [-0.4, -0.2) is 0 Å². The van der Waals surface area contributed by atoms with Crippen LogP contribution in [0.1, 0.15) is 0 Å². The van der Waals surface area contributed by atoms with Crippen molar-refractivity contribution in [2.24, 2.45) is 0 Å². The molecule has 0 aliphatic carbocycles. The molecule has 0 saturated heterocycles. The zero-order valence-electron chi connectivity index (χ0n) is 11.0. The number of rotatable bonds is 1. The van der Waals surface area contributed by atoms with E-state index >= 15 is 0 Å². The maximum Gasteiger partial charge on any atom is -0.00988 e. The van der Waals surface area contributed by atoms with Gasteiger partial charge in [0.15, 0.2) is 0 Å². The maximum atomic E-state index is 3.32. The number of fused-ring (bicyclic) bond motifs is 2. The van der Waals surface area contributed by atoms with E-state index in [1.54, 1.807) is 0 Å². The Morgan fingerprint density at radius 2 is 1.35 bits per heavy atom. The topological polar surface area (TPSA) is 0 Å². The Labute approximate surface area is 118 Å². The highest BCUT2D eigenvalue weighted by molar-refractivity contribution is 6.04. The van der Waals surface area contributed by atoms with E-state index in [0.29, 0.717) is 0 Å². The molecule has 0 bridgehead atoms. The summed E-state index contributed by atoms with van der Waals surface area (Å²) in [4.78, 5) is 0. The van der Waals surface area contributed by atoms with E-state index in [4.69, 9.17) is 0 Å². The minimum atomic E-state index is 1.15. The molecule has 0 unspecified atom stereocenters. The minimum Gasteiger partial charge on any atom is -0.0616 e. The lowest BCUT2D eigenvalue weighted by Gasteiger charge is -2.08. The average Bonchev–Trinajstić information content (AvgIpc) is 2.53. The van der Waals surface area contributed by atoms with E-state index in [2.05, 4.69) is 72.8 Å². The first-order valence-corrected chi connectivity index (χ1v) is 6.80. The first kappa shape index (κ1) is 11.2. The second kappa shape index (κ2) is 4.50. The lowest BCUT2D eigenvalue weighted by molar-refractivity contribution is 1.64. The van der Waals surface area contributed by atoms with Crippen molar-refractivity contribution in [2.45, 2.75) is 0 Å². The van der Waals surface area contributed by atoms with Crippen LogP contribution < -0.4 is 0 Å². The molecule has 0 saturated carbocycles. The molecule has 4 aromatic carbocycles. The van der Waals surface area contributed by atoms with Crippen molar-refractivity contribution in [2.75, 3.05) is 0 Å². The number of hydrogen-bond donors (Lipinski definition) is 0. The Balaban J connectivity index is 2.09. The van der Waals surface area contributed by atoms with E-state index in [0.717, 1.165) is 5.56 Å². The van der Waals surface area contributed by atoms with E-state index in [9.17, 15) is 0 Å². The molecular formula is C20H13. The maximum absolute atomic E-state index is 3.32. The van der Waals surface area contributed by atoms with Gasteiger partial charge in [-0.3, -0.25) is 0 Å². The molecule has 0 aliphatic heterocycles. The molecule has 1 radical (unpaired) electrons. The molecule has 93 valence electrons. The summed E-state index contributed by atoms with van der Waals surface area (Å²) in [6.07, 6.45) is 0. The highest BCUT2D eigenvalue weighted by atomic mass is 14.1. The summed E-state index contributed by atoms with van der Waals surface area (Å²) >= 11 is 0. The van der Waals surface area contributed by atoms with Crippen LogP contribution in [0.3, 0.4) is 0 Å². The summed E-state index contributed by atoms with van der Waals surface area (Å²) in [7, 11) is 0. The summed E-state index contributed by atoms with van der Waals surface area (Å²) in [6, 6.07) is 31.0. The molecule has 0 heterocycles. The molecule has 0 amide bonds. The van der Waals surface area contributed by atoms with Gasteiger partial charge >= 0.3 is 0 Å². The highest BCUT2D eigenvalue weighted by Crippen LogP contribution is 2.31. The van der Waals surface area contributed by atoms with Gasteiger partial charge in [0, 0.05) is 0 Å². The molecule has 4 rings (SSSR count). The molecule has 0 aromatic heterocycles. The van der Waals surface area contributed by atoms with Crippen molar-refractivity contribution in [3.63, 3.8) is 0 Å². The fourth-order valence-electron chi connectivity index (χ4n) is 2.76. The van der Waals surface area contributed by atoms with E-state index in [1.807, 2.05) is 12.1 Å². The van der Waals surface area contributed by atoms with Crippen molar-refractivity contribution in [1.29, 1.82) is 0 Å². The van der Waals surface area contributed by atoms with E-state index in [1.165, 1.54) is 27.1 Å². The molecule has 0 fully saturated rings. The Kier molecular flexibility index (Phi) is 2.53. The van der Waals surface area contributed by atoms with Gasteiger partial charge in [0.25, 0.3) is 0 Å². The normalized spacial score (nSPS) is 11.0. The van der Waals surface area contributed by atoms with Crippen LogP contribution in [-0.2, 0) is 0 Å². The van der Waals surface area contributed by atoms with Crippen LogP contribution in [0, 0.1) is 6.07 Å². The molecule has 0 nitrogen and oxygen atoms in total. The van der Waals surface area contributed by atoms with Crippen LogP contribution in [0.5, 0.6) is 0 Å². The van der Waals surface area contributed by atoms with Crippen LogP contribution in [0.2, 0.25) is 0 Å². The van der Waals surface area contributed by atoms with Crippen LogP contribution in [0.4, 0.5) is 0 Å². The summed E-state index contributed by atoms with van der Waals surface area (Å²) in [5, 5.41) is 5.13. The van der Waals surface area contributed by atoms with Crippen LogP contribution in [0.15, 0.2) is 78.9 Å². The Morgan fingerprint density at radius 1 is 0.600 bits per heavy atom. The Morgan fingerprint density at radius 3 is 2.15 bits per heavy atom. The lowest BCUT2D eigenvalue weighted by atomic mass is 9.96. The number of hydrogen-bond acceptors (Lipinski definition) is 0. The molecule has 0 spiro atoms. The summed E-state index contributed by atoms with van der Waals surface area (Å²) in [5.41, 5.74) is 2.39. The smallest absolute Gasteiger partial charge is 0.00988 e. The number of benzene rings is 4. The van der Waals surface area contributed by atoms with Gasteiger partial charge in [-0.2, -0.15) is 0 Å². The van der Waals surface area contributed by atoms with Crippen LogP contribution in [0.25, 0.3) is 32.7 Å². The SMILES string of the molecule is [c]1ccccc1-c1cccc2cc3ccccc3cc12. The molecule has 0 aliphatic rings. The fraction of sp³-hybridized carbons (Fsp3) is 0. The third-order valence-electron chi connectivity index (χ3n) is 3.75. The van der Waals surface area contributed by atoms with E-state index < -0.39 is 0 Å². The van der Waals surface area contributed by atoms with Gasteiger partial charge in [-0.25, -0.2) is 0 Å². The third kappa shape index (κ3) is 1.78. The highest BCUT2D eigenvalue weighted by Gasteiger charge is 2.04. The van der Waals surface area contributed by atoms with Crippen molar-refractivity contribution >= 4 is 21.5 Å². The molecule has 0 atom stereocenters.